The summed E-state index contributed by atoms with van der Waals surface area (Å²) < 4.78 is 0. The molecule has 0 atom stereocenters. The molecule has 1 aromatic rings. The Morgan fingerprint density at radius 1 is 0.963 bits per heavy atom. The summed E-state index contributed by atoms with van der Waals surface area (Å²) in [7, 11) is 0. The molecule has 0 bridgehead atoms. The molecule has 0 radical (unpaired) electrons. The molecule has 1 aromatic carbocycles. The van der Waals surface area contributed by atoms with Crippen molar-refractivity contribution in [2.24, 2.45) is 0 Å². The van der Waals surface area contributed by atoms with Crippen molar-refractivity contribution in [2.45, 2.75) is 33.9 Å². The van der Waals surface area contributed by atoms with Crippen LogP contribution in [-0.2, 0) is 22.7 Å². The first kappa shape index (κ1) is 21.9. The van der Waals surface area contributed by atoms with Gasteiger partial charge in [0.1, 0.15) is 0 Å². The lowest BCUT2D eigenvalue weighted by Gasteiger charge is -2.09. The van der Waals surface area contributed by atoms with Crippen molar-refractivity contribution in [3.05, 3.63) is 95.6 Å². The summed E-state index contributed by atoms with van der Waals surface area (Å²) in [6, 6.07) is 7.76. The standard InChI is InChI=1S/C23H28N2O2/c1-5-9-14-21(8-4)23(27)25-17-19-13-10-12-18(15-19)16-24-22(26)20(7-3)11-6-2/h5-15H,4,16-17H2,1-3H3,(H,24,26)(H,25,27)/b9-5-,11-6-,20-7+,21-14+. The average Bonchev–Trinajstić information content (AvgIpc) is 2.69. The lowest BCUT2D eigenvalue weighted by Crippen LogP contribution is -2.25. The molecule has 4 heteroatoms. The second kappa shape index (κ2) is 12.3. The second-order valence-electron chi connectivity index (χ2n) is 5.78. The van der Waals surface area contributed by atoms with Crippen molar-refractivity contribution in [2.75, 3.05) is 0 Å². The molecule has 0 saturated carbocycles. The van der Waals surface area contributed by atoms with Gasteiger partial charge in [0.05, 0.1) is 0 Å². The summed E-state index contributed by atoms with van der Waals surface area (Å²) >= 11 is 0. The summed E-state index contributed by atoms with van der Waals surface area (Å²) in [5, 5.41) is 5.78. The molecule has 2 N–H and O–H groups in total. The first-order valence-electron chi connectivity index (χ1n) is 8.94. The van der Waals surface area contributed by atoms with E-state index in [1.807, 2.05) is 57.2 Å². The minimum absolute atomic E-state index is 0.112. The lowest BCUT2D eigenvalue weighted by atomic mass is 10.1. The van der Waals surface area contributed by atoms with Gasteiger partial charge in [-0.05, 0) is 38.0 Å². The summed E-state index contributed by atoms with van der Waals surface area (Å²) in [5.74, 6) is -0.287. The predicted molar refractivity (Wildman–Crippen MR) is 112 cm³/mol. The van der Waals surface area contributed by atoms with Crippen LogP contribution in [0.3, 0.4) is 0 Å². The van der Waals surface area contributed by atoms with Gasteiger partial charge in [-0.3, -0.25) is 9.59 Å². The van der Waals surface area contributed by atoms with Crippen molar-refractivity contribution >= 4 is 11.8 Å². The molecule has 27 heavy (non-hydrogen) atoms. The van der Waals surface area contributed by atoms with Gasteiger partial charge in [0.2, 0.25) is 0 Å². The Bertz CT molecular complexity index is 783. The van der Waals surface area contributed by atoms with E-state index in [0.29, 0.717) is 24.2 Å². The fourth-order valence-corrected chi connectivity index (χ4v) is 2.34. The normalized spacial score (nSPS) is 12.4. The van der Waals surface area contributed by atoms with E-state index < -0.39 is 0 Å². The minimum Gasteiger partial charge on any atom is -0.348 e. The first-order chi connectivity index (χ1) is 13.0. The molecule has 0 unspecified atom stereocenters. The number of amides is 2. The van der Waals surface area contributed by atoms with Gasteiger partial charge in [-0.1, -0.05) is 67.3 Å². The lowest BCUT2D eigenvalue weighted by molar-refractivity contribution is -0.118. The molecule has 0 fully saturated rings. The molecule has 0 saturated heterocycles. The van der Waals surface area contributed by atoms with Gasteiger partial charge in [-0.2, -0.15) is 0 Å². The summed E-state index contributed by atoms with van der Waals surface area (Å²) in [6.45, 7) is 10.1. The van der Waals surface area contributed by atoms with E-state index in [1.54, 1.807) is 24.3 Å². The highest BCUT2D eigenvalue weighted by molar-refractivity contribution is 5.96. The van der Waals surface area contributed by atoms with Crippen molar-refractivity contribution in [3.63, 3.8) is 0 Å². The monoisotopic (exact) mass is 364 g/mol. The molecule has 0 aliphatic rings. The zero-order valence-electron chi connectivity index (χ0n) is 16.3. The molecule has 0 aliphatic carbocycles. The zero-order valence-corrected chi connectivity index (χ0v) is 16.3. The fourth-order valence-electron chi connectivity index (χ4n) is 2.34. The molecule has 0 aliphatic heterocycles. The van der Waals surface area contributed by atoms with E-state index in [1.165, 1.54) is 6.08 Å². The SMILES string of the molecule is C=C/C(=C\C=C/C)C(=O)NCc1cccc(CNC(=O)C(/C=C\C)=C/C)c1. The van der Waals surface area contributed by atoms with Crippen LogP contribution in [0.2, 0.25) is 0 Å². The van der Waals surface area contributed by atoms with E-state index in [0.717, 1.165) is 11.1 Å². The number of carbonyl (C=O) groups is 2. The topological polar surface area (TPSA) is 58.2 Å². The number of hydrogen-bond acceptors (Lipinski definition) is 2. The third-order valence-electron chi connectivity index (χ3n) is 3.77. The molecule has 4 nitrogen and oxygen atoms in total. The largest absolute Gasteiger partial charge is 0.348 e. The van der Waals surface area contributed by atoms with Crippen LogP contribution in [0, 0.1) is 0 Å². The number of hydrogen-bond donors (Lipinski definition) is 2. The Hall–Kier alpha value is -3.14. The highest BCUT2D eigenvalue weighted by Gasteiger charge is 2.07. The smallest absolute Gasteiger partial charge is 0.251 e. The number of rotatable bonds is 9. The molecule has 0 heterocycles. The van der Waals surface area contributed by atoms with E-state index in [9.17, 15) is 9.59 Å². The van der Waals surface area contributed by atoms with Crippen LogP contribution in [0.1, 0.15) is 31.9 Å². The fraction of sp³-hybridized carbons (Fsp3) is 0.217. The predicted octanol–water partition coefficient (Wildman–Crippen LogP) is 4.13. The average molecular weight is 364 g/mol. The highest BCUT2D eigenvalue weighted by atomic mass is 16.2. The van der Waals surface area contributed by atoms with Crippen LogP contribution >= 0.6 is 0 Å². The molecule has 2 amide bonds. The summed E-state index contributed by atoms with van der Waals surface area (Å²) in [4.78, 5) is 24.3. The molecular weight excluding hydrogens is 336 g/mol. The minimum atomic E-state index is -0.175. The number of allylic oxidation sites excluding steroid dienone is 5. The van der Waals surface area contributed by atoms with Crippen molar-refractivity contribution in [1.82, 2.24) is 10.6 Å². The van der Waals surface area contributed by atoms with E-state index in [-0.39, 0.29) is 11.8 Å². The van der Waals surface area contributed by atoms with Crippen LogP contribution in [0.5, 0.6) is 0 Å². The Morgan fingerprint density at radius 2 is 1.56 bits per heavy atom. The third-order valence-corrected chi connectivity index (χ3v) is 3.77. The Balaban J connectivity index is 2.67. The maximum Gasteiger partial charge on any atom is 0.251 e. The summed E-state index contributed by atoms with van der Waals surface area (Å²) in [5.41, 5.74) is 3.08. The van der Waals surface area contributed by atoms with E-state index >= 15 is 0 Å². The molecule has 1 rings (SSSR count). The maximum atomic E-state index is 12.2. The Labute approximate surface area is 162 Å². The molecule has 0 aromatic heterocycles. The van der Waals surface area contributed by atoms with Gasteiger partial charge in [0, 0.05) is 24.2 Å². The van der Waals surface area contributed by atoms with E-state index in [2.05, 4.69) is 17.2 Å². The maximum absolute atomic E-state index is 12.2. The van der Waals surface area contributed by atoms with Crippen LogP contribution < -0.4 is 10.6 Å². The van der Waals surface area contributed by atoms with Gasteiger partial charge in [-0.25, -0.2) is 0 Å². The van der Waals surface area contributed by atoms with Crippen molar-refractivity contribution in [3.8, 4) is 0 Å². The number of carbonyl (C=O) groups excluding carboxylic acids is 2. The number of benzene rings is 1. The van der Waals surface area contributed by atoms with Gasteiger partial charge in [0.15, 0.2) is 0 Å². The molecule has 0 spiro atoms. The van der Waals surface area contributed by atoms with Gasteiger partial charge < -0.3 is 10.6 Å². The molecular formula is C23H28N2O2. The Kier molecular flexibility index (Phi) is 9.94. The van der Waals surface area contributed by atoms with Gasteiger partial charge >= 0.3 is 0 Å². The first-order valence-corrected chi connectivity index (χ1v) is 8.94. The second-order valence-corrected chi connectivity index (χ2v) is 5.78. The quantitative estimate of drug-likeness (QED) is 0.511. The summed E-state index contributed by atoms with van der Waals surface area (Å²) in [6.07, 6.45) is 12.3. The van der Waals surface area contributed by atoms with Crippen LogP contribution in [0.25, 0.3) is 0 Å². The highest BCUT2D eigenvalue weighted by Crippen LogP contribution is 2.07. The Morgan fingerprint density at radius 3 is 2.04 bits per heavy atom. The molecule has 142 valence electrons. The van der Waals surface area contributed by atoms with Crippen molar-refractivity contribution in [1.29, 1.82) is 0 Å². The van der Waals surface area contributed by atoms with E-state index in [4.69, 9.17) is 0 Å². The van der Waals surface area contributed by atoms with Gasteiger partial charge in [-0.15, -0.1) is 0 Å². The van der Waals surface area contributed by atoms with Crippen molar-refractivity contribution < 1.29 is 9.59 Å². The van der Waals surface area contributed by atoms with Gasteiger partial charge in [0.25, 0.3) is 11.8 Å². The zero-order chi connectivity index (χ0) is 20.1. The van der Waals surface area contributed by atoms with Crippen LogP contribution in [0.4, 0.5) is 0 Å². The van der Waals surface area contributed by atoms with Crippen LogP contribution in [-0.4, -0.2) is 11.8 Å². The van der Waals surface area contributed by atoms with Crippen LogP contribution in [0.15, 0.2) is 84.5 Å². The third kappa shape index (κ3) is 7.74. The number of nitrogens with one attached hydrogen (secondary N) is 2.